The standard InChI is InChI=1S/C11H18N6O2/c1-6-3-11(4-6,9(12)17-19)10(18)15-7(2)8-13-5-14-16-8/h5-7,19H,3-4H2,1-2H3,(H2,12,17)(H,15,18)(H,13,14,16). The van der Waals surface area contributed by atoms with Gasteiger partial charge in [0.05, 0.1) is 6.04 Å². The Balaban J connectivity index is 2.09. The molecule has 0 aliphatic heterocycles. The van der Waals surface area contributed by atoms with Crippen LogP contribution in [0.25, 0.3) is 0 Å². The molecule has 0 radical (unpaired) electrons. The molecular formula is C11H18N6O2. The maximum atomic E-state index is 12.4. The summed E-state index contributed by atoms with van der Waals surface area (Å²) in [6, 6.07) is -0.311. The van der Waals surface area contributed by atoms with E-state index in [1.54, 1.807) is 6.92 Å². The summed E-state index contributed by atoms with van der Waals surface area (Å²) < 4.78 is 0. The number of carbonyl (C=O) groups is 1. The van der Waals surface area contributed by atoms with E-state index in [0.29, 0.717) is 24.6 Å². The summed E-state index contributed by atoms with van der Waals surface area (Å²) in [5.41, 5.74) is 4.77. The topological polar surface area (TPSA) is 129 Å². The number of H-pyrrole nitrogens is 1. The highest BCUT2D eigenvalue weighted by Gasteiger charge is 2.52. The van der Waals surface area contributed by atoms with E-state index in [0.717, 1.165) is 0 Å². The Hall–Kier alpha value is -2.12. The van der Waals surface area contributed by atoms with E-state index in [2.05, 4.69) is 25.7 Å². The third-order valence-electron chi connectivity index (χ3n) is 3.62. The average molecular weight is 266 g/mol. The van der Waals surface area contributed by atoms with Crippen LogP contribution < -0.4 is 11.1 Å². The van der Waals surface area contributed by atoms with Crippen LogP contribution in [0.3, 0.4) is 0 Å². The predicted molar refractivity (Wildman–Crippen MR) is 67.2 cm³/mol. The van der Waals surface area contributed by atoms with Gasteiger partial charge >= 0.3 is 0 Å². The predicted octanol–water partition coefficient (Wildman–Crippen LogP) is 0.145. The number of oxime groups is 1. The number of nitrogens with one attached hydrogen (secondary N) is 2. The second-order valence-corrected chi connectivity index (χ2v) is 5.15. The van der Waals surface area contributed by atoms with Gasteiger partial charge in [-0.2, -0.15) is 5.10 Å². The largest absolute Gasteiger partial charge is 0.409 e. The zero-order valence-corrected chi connectivity index (χ0v) is 10.9. The van der Waals surface area contributed by atoms with Gasteiger partial charge in [0, 0.05) is 0 Å². The van der Waals surface area contributed by atoms with Crippen molar-refractivity contribution in [3.8, 4) is 0 Å². The van der Waals surface area contributed by atoms with Gasteiger partial charge in [-0.05, 0) is 25.7 Å². The minimum atomic E-state index is -0.900. The van der Waals surface area contributed by atoms with E-state index in [4.69, 9.17) is 10.9 Å². The van der Waals surface area contributed by atoms with Crippen LogP contribution >= 0.6 is 0 Å². The molecule has 8 heteroatoms. The lowest BCUT2D eigenvalue weighted by Gasteiger charge is -2.44. The quantitative estimate of drug-likeness (QED) is 0.267. The summed E-state index contributed by atoms with van der Waals surface area (Å²) >= 11 is 0. The maximum Gasteiger partial charge on any atom is 0.234 e. The molecule has 1 aliphatic rings. The normalized spacial score (nSPS) is 28.5. The first-order valence-electron chi connectivity index (χ1n) is 6.14. The second kappa shape index (κ2) is 4.87. The first-order valence-corrected chi connectivity index (χ1v) is 6.14. The Morgan fingerprint density at radius 3 is 2.89 bits per heavy atom. The van der Waals surface area contributed by atoms with E-state index >= 15 is 0 Å². The van der Waals surface area contributed by atoms with Crippen molar-refractivity contribution in [1.82, 2.24) is 20.5 Å². The molecule has 1 fully saturated rings. The molecule has 2 rings (SSSR count). The molecule has 0 saturated heterocycles. The number of carbonyl (C=O) groups excluding carboxylic acids is 1. The Bertz CT molecular complexity index is 477. The fourth-order valence-electron chi connectivity index (χ4n) is 2.56. The molecule has 19 heavy (non-hydrogen) atoms. The molecule has 0 bridgehead atoms. The SMILES string of the molecule is CC1CC(C(=O)NC(C)c2ncn[nH]2)(C(N)=NO)C1. The summed E-state index contributed by atoms with van der Waals surface area (Å²) in [6.45, 7) is 3.82. The number of amides is 1. The smallest absolute Gasteiger partial charge is 0.234 e. The molecule has 1 aliphatic carbocycles. The highest BCUT2D eigenvalue weighted by atomic mass is 16.4. The minimum absolute atomic E-state index is 0.0344. The van der Waals surface area contributed by atoms with Crippen LogP contribution in [0.15, 0.2) is 11.5 Å². The van der Waals surface area contributed by atoms with Gasteiger partial charge in [-0.1, -0.05) is 12.1 Å². The van der Waals surface area contributed by atoms with Gasteiger partial charge in [0.2, 0.25) is 5.91 Å². The average Bonchev–Trinajstić information content (AvgIpc) is 2.87. The lowest BCUT2D eigenvalue weighted by atomic mass is 9.61. The molecule has 1 saturated carbocycles. The zero-order chi connectivity index (χ0) is 14.0. The summed E-state index contributed by atoms with van der Waals surface area (Å²) in [5, 5.41) is 21.1. The van der Waals surface area contributed by atoms with E-state index in [9.17, 15) is 4.79 Å². The lowest BCUT2D eigenvalue weighted by Crippen LogP contribution is -2.57. The van der Waals surface area contributed by atoms with Gasteiger partial charge in [0.15, 0.2) is 5.84 Å². The van der Waals surface area contributed by atoms with Crippen molar-refractivity contribution in [2.75, 3.05) is 0 Å². The Morgan fingerprint density at radius 2 is 2.42 bits per heavy atom. The summed E-state index contributed by atoms with van der Waals surface area (Å²) in [6.07, 6.45) is 2.54. The monoisotopic (exact) mass is 266 g/mol. The number of aromatic amines is 1. The zero-order valence-electron chi connectivity index (χ0n) is 10.9. The highest BCUT2D eigenvalue weighted by Crippen LogP contribution is 2.46. The Morgan fingerprint density at radius 1 is 1.74 bits per heavy atom. The van der Waals surface area contributed by atoms with Crippen molar-refractivity contribution < 1.29 is 10.0 Å². The van der Waals surface area contributed by atoms with Crippen LogP contribution in [-0.2, 0) is 4.79 Å². The fourth-order valence-corrected chi connectivity index (χ4v) is 2.56. The summed E-state index contributed by atoms with van der Waals surface area (Å²) in [5.74, 6) is 0.666. The summed E-state index contributed by atoms with van der Waals surface area (Å²) in [7, 11) is 0. The molecule has 1 aromatic rings. The van der Waals surface area contributed by atoms with Gasteiger partial charge < -0.3 is 16.3 Å². The molecule has 1 unspecified atom stereocenters. The van der Waals surface area contributed by atoms with Crippen molar-refractivity contribution in [2.45, 2.75) is 32.7 Å². The third kappa shape index (κ3) is 2.25. The molecule has 1 aromatic heterocycles. The number of hydrogen-bond acceptors (Lipinski definition) is 5. The number of aromatic nitrogens is 3. The number of hydrogen-bond donors (Lipinski definition) is 4. The first kappa shape index (κ1) is 13.3. The van der Waals surface area contributed by atoms with Crippen LogP contribution in [0.1, 0.15) is 38.6 Å². The highest BCUT2D eigenvalue weighted by molar-refractivity contribution is 6.07. The number of amidine groups is 1. The van der Waals surface area contributed by atoms with Gasteiger partial charge in [-0.15, -0.1) is 0 Å². The Kier molecular flexibility index (Phi) is 3.41. The number of nitrogens with zero attached hydrogens (tertiary/aromatic N) is 3. The lowest BCUT2D eigenvalue weighted by molar-refractivity contribution is -0.133. The van der Waals surface area contributed by atoms with Crippen LogP contribution in [0.2, 0.25) is 0 Å². The molecular weight excluding hydrogens is 248 g/mol. The van der Waals surface area contributed by atoms with Crippen LogP contribution in [0.4, 0.5) is 0 Å². The van der Waals surface area contributed by atoms with Crippen LogP contribution in [0.5, 0.6) is 0 Å². The molecule has 1 heterocycles. The number of nitrogens with two attached hydrogens (primary N) is 1. The molecule has 0 aromatic carbocycles. The van der Waals surface area contributed by atoms with E-state index in [1.807, 2.05) is 6.92 Å². The molecule has 1 amide bonds. The van der Waals surface area contributed by atoms with E-state index in [-0.39, 0.29) is 17.8 Å². The second-order valence-electron chi connectivity index (χ2n) is 5.15. The molecule has 5 N–H and O–H groups in total. The third-order valence-corrected chi connectivity index (χ3v) is 3.62. The fraction of sp³-hybridized carbons (Fsp3) is 0.636. The molecule has 8 nitrogen and oxygen atoms in total. The maximum absolute atomic E-state index is 12.4. The van der Waals surface area contributed by atoms with Crippen molar-refractivity contribution in [1.29, 1.82) is 0 Å². The minimum Gasteiger partial charge on any atom is -0.409 e. The molecule has 0 spiro atoms. The summed E-state index contributed by atoms with van der Waals surface area (Å²) in [4.78, 5) is 16.3. The van der Waals surface area contributed by atoms with Gasteiger partial charge in [-0.25, -0.2) is 4.98 Å². The van der Waals surface area contributed by atoms with Gasteiger partial charge in [-0.3, -0.25) is 9.89 Å². The van der Waals surface area contributed by atoms with Crippen molar-refractivity contribution in [2.24, 2.45) is 22.2 Å². The van der Waals surface area contributed by atoms with E-state index < -0.39 is 5.41 Å². The van der Waals surface area contributed by atoms with Crippen molar-refractivity contribution in [3.05, 3.63) is 12.2 Å². The van der Waals surface area contributed by atoms with Crippen molar-refractivity contribution in [3.63, 3.8) is 0 Å². The van der Waals surface area contributed by atoms with E-state index in [1.165, 1.54) is 6.33 Å². The number of rotatable bonds is 4. The van der Waals surface area contributed by atoms with Crippen molar-refractivity contribution >= 4 is 11.7 Å². The van der Waals surface area contributed by atoms with Gasteiger partial charge in [0.1, 0.15) is 17.6 Å². The van der Waals surface area contributed by atoms with Gasteiger partial charge in [0.25, 0.3) is 0 Å². The van der Waals surface area contributed by atoms with Crippen LogP contribution in [0, 0.1) is 11.3 Å². The first-order chi connectivity index (χ1) is 8.99. The Labute approximate surface area is 110 Å². The molecule has 104 valence electrons. The van der Waals surface area contributed by atoms with Crippen LogP contribution in [-0.4, -0.2) is 32.1 Å². The molecule has 1 atom stereocenters.